The fourth-order valence-corrected chi connectivity index (χ4v) is 2.71. The third kappa shape index (κ3) is 2.72. The van der Waals surface area contributed by atoms with Crippen molar-refractivity contribution in [3.05, 3.63) is 58.3 Å². The molecule has 0 atom stereocenters. The number of para-hydroxylation sites is 1. The average Bonchev–Trinajstić information content (AvgIpc) is 2.93. The van der Waals surface area contributed by atoms with E-state index in [1.165, 1.54) is 0 Å². The van der Waals surface area contributed by atoms with Crippen LogP contribution in [0.4, 0.5) is 5.69 Å². The summed E-state index contributed by atoms with van der Waals surface area (Å²) >= 11 is 3.41. The molecule has 0 aliphatic rings. The van der Waals surface area contributed by atoms with E-state index in [4.69, 9.17) is 9.15 Å². The van der Waals surface area contributed by atoms with E-state index in [0.29, 0.717) is 17.0 Å². The normalized spacial score (nSPS) is 10.7. The number of hydrogen-bond acceptors (Lipinski definition) is 3. The van der Waals surface area contributed by atoms with Gasteiger partial charge in [0.05, 0.1) is 17.3 Å². The molecule has 1 N–H and O–H groups in total. The molecule has 1 amide bonds. The van der Waals surface area contributed by atoms with Gasteiger partial charge in [-0.2, -0.15) is 0 Å². The predicted molar refractivity (Wildman–Crippen MR) is 89.6 cm³/mol. The van der Waals surface area contributed by atoms with Gasteiger partial charge in [0.2, 0.25) is 0 Å². The first kappa shape index (κ1) is 14.7. The Kier molecular flexibility index (Phi) is 3.90. The summed E-state index contributed by atoms with van der Waals surface area (Å²) in [4.78, 5) is 12.4. The predicted octanol–water partition coefficient (Wildman–Crippen LogP) is 4.76. The lowest BCUT2D eigenvalue weighted by molar-refractivity contribution is 0.0998. The molecule has 3 aromatic rings. The van der Waals surface area contributed by atoms with Gasteiger partial charge in [-0.3, -0.25) is 4.79 Å². The zero-order valence-electron chi connectivity index (χ0n) is 12.1. The first-order valence-corrected chi connectivity index (χ1v) is 7.52. The van der Waals surface area contributed by atoms with Crippen LogP contribution in [0.5, 0.6) is 5.75 Å². The van der Waals surface area contributed by atoms with Crippen molar-refractivity contribution in [2.24, 2.45) is 0 Å². The molecule has 5 heteroatoms. The Bertz CT molecular complexity index is 854. The van der Waals surface area contributed by atoms with Crippen LogP contribution >= 0.6 is 15.9 Å². The zero-order valence-corrected chi connectivity index (χ0v) is 13.7. The van der Waals surface area contributed by atoms with Crippen molar-refractivity contribution >= 4 is 38.5 Å². The minimum atomic E-state index is -0.313. The van der Waals surface area contributed by atoms with Gasteiger partial charge in [-0.15, -0.1) is 0 Å². The van der Waals surface area contributed by atoms with Crippen LogP contribution in [-0.4, -0.2) is 13.0 Å². The Morgan fingerprint density at radius 1 is 1.23 bits per heavy atom. The van der Waals surface area contributed by atoms with Crippen molar-refractivity contribution in [2.75, 3.05) is 12.4 Å². The van der Waals surface area contributed by atoms with Gasteiger partial charge in [0.1, 0.15) is 11.3 Å². The van der Waals surface area contributed by atoms with E-state index in [2.05, 4.69) is 21.2 Å². The van der Waals surface area contributed by atoms with Crippen LogP contribution in [0.3, 0.4) is 0 Å². The van der Waals surface area contributed by atoms with Crippen LogP contribution in [0.25, 0.3) is 11.0 Å². The molecule has 0 radical (unpaired) electrons. The molecule has 0 saturated carbocycles. The zero-order chi connectivity index (χ0) is 15.7. The Hall–Kier alpha value is -2.27. The molecule has 1 heterocycles. The summed E-state index contributed by atoms with van der Waals surface area (Å²) in [5, 5.41) is 3.70. The second-order valence-corrected chi connectivity index (χ2v) is 5.78. The number of methoxy groups -OCH3 is 1. The summed E-state index contributed by atoms with van der Waals surface area (Å²) in [7, 11) is 1.57. The lowest BCUT2D eigenvalue weighted by Gasteiger charge is -2.09. The van der Waals surface area contributed by atoms with Crippen molar-refractivity contribution in [1.82, 2.24) is 0 Å². The third-order valence-corrected chi connectivity index (χ3v) is 3.95. The van der Waals surface area contributed by atoms with E-state index in [1.54, 1.807) is 13.2 Å². The first-order valence-electron chi connectivity index (χ1n) is 6.72. The number of amides is 1. The standard InChI is InChI=1S/C17H14BrNO3/c1-10-6-7-14(21-2)13(8-10)19-17(20)15-9-11-4-3-5-12(18)16(11)22-15/h3-9H,1-2H3,(H,19,20). The maximum absolute atomic E-state index is 12.4. The summed E-state index contributed by atoms with van der Waals surface area (Å²) in [5.74, 6) is 0.550. The van der Waals surface area contributed by atoms with Crippen LogP contribution < -0.4 is 10.1 Å². The molecule has 0 saturated heterocycles. The van der Waals surface area contributed by atoms with Gasteiger partial charge in [-0.25, -0.2) is 0 Å². The molecular formula is C17H14BrNO3. The smallest absolute Gasteiger partial charge is 0.291 e. The molecule has 0 unspecified atom stereocenters. The second-order valence-electron chi connectivity index (χ2n) is 4.93. The third-order valence-electron chi connectivity index (χ3n) is 3.32. The Morgan fingerprint density at radius 2 is 2.05 bits per heavy atom. The van der Waals surface area contributed by atoms with Gasteiger partial charge in [0, 0.05) is 5.39 Å². The van der Waals surface area contributed by atoms with Crippen LogP contribution in [0.1, 0.15) is 16.1 Å². The number of carbonyl (C=O) groups is 1. The number of halogens is 1. The van der Waals surface area contributed by atoms with Crippen molar-refractivity contribution in [2.45, 2.75) is 6.92 Å². The molecule has 0 aliphatic heterocycles. The molecular weight excluding hydrogens is 346 g/mol. The highest BCUT2D eigenvalue weighted by molar-refractivity contribution is 9.10. The highest BCUT2D eigenvalue weighted by Gasteiger charge is 2.15. The Balaban J connectivity index is 1.93. The molecule has 0 spiro atoms. The highest BCUT2D eigenvalue weighted by Crippen LogP contribution is 2.29. The number of benzene rings is 2. The van der Waals surface area contributed by atoms with Gasteiger partial charge in [0.15, 0.2) is 5.76 Å². The number of fused-ring (bicyclic) bond motifs is 1. The van der Waals surface area contributed by atoms with Crippen LogP contribution in [0.15, 0.2) is 51.4 Å². The molecule has 1 aromatic heterocycles. The maximum Gasteiger partial charge on any atom is 0.291 e. The van der Waals surface area contributed by atoms with Crippen LogP contribution in [0, 0.1) is 6.92 Å². The topological polar surface area (TPSA) is 51.5 Å². The molecule has 0 bridgehead atoms. The summed E-state index contributed by atoms with van der Waals surface area (Å²) in [6, 6.07) is 13.0. The average molecular weight is 360 g/mol. The Morgan fingerprint density at radius 3 is 2.77 bits per heavy atom. The van der Waals surface area contributed by atoms with Crippen LogP contribution in [0.2, 0.25) is 0 Å². The number of hydrogen-bond donors (Lipinski definition) is 1. The van der Waals surface area contributed by atoms with E-state index in [-0.39, 0.29) is 11.7 Å². The Labute approximate surface area is 136 Å². The maximum atomic E-state index is 12.4. The number of ether oxygens (including phenoxy) is 1. The number of furan rings is 1. The van der Waals surface area contributed by atoms with Crippen molar-refractivity contribution in [3.8, 4) is 5.75 Å². The molecule has 22 heavy (non-hydrogen) atoms. The summed E-state index contributed by atoms with van der Waals surface area (Å²) in [6.45, 7) is 1.95. The first-order chi connectivity index (χ1) is 10.6. The van der Waals surface area contributed by atoms with E-state index >= 15 is 0 Å². The van der Waals surface area contributed by atoms with Crippen molar-refractivity contribution in [1.29, 1.82) is 0 Å². The van der Waals surface area contributed by atoms with E-state index in [9.17, 15) is 4.79 Å². The van der Waals surface area contributed by atoms with Gasteiger partial charge in [-0.05, 0) is 52.7 Å². The summed E-state index contributed by atoms with van der Waals surface area (Å²) in [6.07, 6.45) is 0. The van der Waals surface area contributed by atoms with E-state index in [1.807, 2.05) is 43.3 Å². The molecule has 0 fully saturated rings. The minimum Gasteiger partial charge on any atom is -0.495 e. The number of rotatable bonds is 3. The van der Waals surface area contributed by atoms with Crippen molar-refractivity contribution in [3.63, 3.8) is 0 Å². The SMILES string of the molecule is COc1ccc(C)cc1NC(=O)c1cc2cccc(Br)c2o1. The lowest BCUT2D eigenvalue weighted by atomic mass is 10.2. The molecule has 3 rings (SSSR count). The van der Waals surface area contributed by atoms with Crippen LogP contribution in [-0.2, 0) is 0 Å². The number of nitrogens with one attached hydrogen (secondary N) is 1. The number of aryl methyl sites for hydroxylation is 1. The minimum absolute atomic E-state index is 0.255. The van der Waals surface area contributed by atoms with Gasteiger partial charge >= 0.3 is 0 Å². The summed E-state index contributed by atoms with van der Waals surface area (Å²) in [5.41, 5.74) is 2.30. The van der Waals surface area contributed by atoms with Gasteiger partial charge in [-0.1, -0.05) is 18.2 Å². The fourth-order valence-electron chi connectivity index (χ4n) is 2.24. The molecule has 2 aromatic carbocycles. The van der Waals surface area contributed by atoms with Gasteiger partial charge in [0.25, 0.3) is 5.91 Å². The molecule has 112 valence electrons. The largest absolute Gasteiger partial charge is 0.495 e. The monoisotopic (exact) mass is 359 g/mol. The second kappa shape index (κ2) is 5.85. The van der Waals surface area contributed by atoms with E-state index in [0.717, 1.165) is 15.4 Å². The van der Waals surface area contributed by atoms with Crippen molar-refractivity contribution < 1.29 is 13.9 Å². The number of anilines is 1. The fraction of sp³-hybridized carbons (Fsp3) is 0.118. The van der Waals surface area contributed by atoms with Gasteiger partial charge < -0.3 is 14.5 Å². The quantitative estimate of drug-likeness (QED) is 0.732. The summed E-state index contributed by atoms with van der Waals surface area (Å²) < 4.78 is 11.7. The number of carbonyl (C=O) groups excluding carboxylic acids is 1. The lowest BCUT2D eigenvalue weighted by Crippen LogP contribution is -2.11. The van der Waals surface area contributed by atoms with E-state index < -0.39 is 0 Å². The molecule has 4 nitrogen and oxygen atoms in total. The molecule has 0 aliphatic carbocycles. The highest BCUT2D eigenvalue weighted by atomic mass is 79.9.